The van der Waals surface area contributed by atoms with E-state index in [-0.39, 0.29) is 24.0 Å². The Bertz CT molecular complexity index is 559. The molecule has 0 bridgehead atoms. The molecule has 0 saturated heterocycles. The SMILES string of the molecule is CCNC(=NCc1cc(C(=O)OC)c(C)o1)NCCOCCC(C)C.I. The number of carbonyl (C=O) groups excluding carboxylic acids is 1. The van der Waals surface area contributed by atoms with E-state index in [9.17, 15) is 4.79 Å². The third-order valence-electron chi connectivity index (χ3n) is 3.49. The molecule has 1 heterocycles. The van der Waals surface area contributed by atoms with Gasteiger partial charge < -0.3 is 24.5 Å². The largest absolute Gasteiger partial charge is 0.465 e. The molecule has 0 spiro atoms. The Balaban J connectivity index is 0.00000625. The van der Waals surface area contributed by atoms with Gasteiger partial charge in [-0.05, 0) is 32.3 Å². The van der Waals surface area contributed by atoms with Crippen molar-refractivity contribution in [2.45, 2.75) is 40.7 Å². The van der Waals surface area contributed by atoms with Gasteiger partial charge >= 0.3 is 5.97 Å². The predicted octanol–water partition coefficient (Wildman–Crippen LogP) is 3.11. The van der Waals surface area contributed by atoms with E-state index in [0.29, 0.717) is 48.7 Å². The van der Waals surface area contributed by atoms with Crippen molar-refractivity contribution in [1.29, 1.82) is 0 Å². The summed E-state index contributed by atoms with van der Waals surface area (Å²) in [5.74, 6) is 2.08. The second-order valence-electron chi connectivity index (χ2n) is 6.09. The fraction of sp³-hybridized carbons (Fsp3) is 0.667. The van der Waals surface area contributed by atoms with Crippen LogP contribution in [0.15, 0.2) is 15.5 Å². The van der Waals surface area contributed by atoms with Crippen molar-refractivity contribution >= 4 is 35.9 Å². The minimum Gasteiger partial charge on any atom is -0.465 e. The third-order valence-corrected chi connectivity index (χ3v) is 3.49. The van der Waals surface area contributed by atoms with Crippen molar-refractivity contribution in [2.75, 3.05) is 33.4 Å². The number of ether oxygens (including phenoxy) is 2. The van der Waals surface area contributed by atoms with E-state index in [1.165, 1.54) is 7.11 Å². The molecule has 1 aromatic heterocycles. The number of methoxy groups -OCH3 is 1. The van der Waals surface area contributed by atoms with Crippen LogP contribution in [0, 0.1) is 12.8 Å². The summed E-state index contributed by atoms with van der Waals surface area (Å²) in [4.78, 5) is 16.1. The molecule has 0 radical (unpaired) electrons. The van der Waals surface area contributed by atoms with E-state index in [1.807, 2.05) is 6.92 Å². The van der Waals surface area contributed by atoms with Crippen LogP contribution in [0.2, 0.25) is 0 Å². The standard InChI is InChI=1S/C18H31N3O4.HI/c1-6-19-18(20-8-10-24-9-7-13(2)3)21-12-15-11-16(14(4)25-15)17(22)23-5;/h11,13H,6-10,12H2,1-5H3,(H2,19,20,21);1H. The average molecular weight is 481 g/mol. The fourth-order valence-electron chi connectivity index (χ4n) is 2.10. The summed E-state index contributed by atoms with van der Waals surface area (Å²) < 4.78 is 15.9. The highest BCUT2D eigenvalue weighted by atomic mass is 127. The Hall–Kier alpha value is -1.29. The summed E-state index contributed by atoms with van der Waals surface area (Å²) in [6.45, 7) is 11.3. The van der Waals surface area contributed by atoms with Gasteiger partial charge in [0.1, 0.15) is 23.6 Å². The maximum atomic E-state index is 11.6. The molecule has 150 valence electrons. The Labute approximate surface area is 173 Å². The minimum atomic E-state index is -0.403. The number of aliphatic imine (C=N–C) groups is 1. The maximum Gasteiger partial charge on any atom is 0.341 e. The number of carbonyl (C=O) groups is 1. The first kappa shape index (κ1) is 24.7. The summed E-state index contributed by atoms with van der Waals surface area (Å²) in [5.41, 5.74) is 0.434. The highest BCUT2D eigenvalue weighted by Crippen LogP contribution is 2.16. The molecule has 0 atom stereocenters. The summed E-state index contributed by atoms with van der Waals surface area (Å²) >= 11 is 0. The zero-order valence-corrected chi connectivity index (χ0v) is 18.7. The van der Waals surface area contributed by atoms with Crippen molar-refractivity contribution in [3.8, 4) is 0 Å². The molecule has 0 fully saturated rings. The zero-order chi connectivity index (χ0) is 18.7. The van der Waals surface area contributed by atoms with Gasteiger partial charge in [-0.2, -0.15) is 0 Å². The van der Waals surface area contributed by atoms with E-state index in [2.05, 4.69) is 29.5 Å². The van der Waals surface area contributed by atoms with Crippen LogP contribution in [0.1, 0.15) is 49.1 Å². The lowest BCUT2D eigenvalue weighted by atomic mass is 10.1. The molecular formula is C18H32IN3O4. The van der Waals surface area contributed by atoms with Gasteiger partial charge in [0, 0.05) is 19.7 Å². The number of furan rings is 1. The molecule has 0 amide bonds. The number of aryl methyl sites for hydroxylation is 1. The lowest BCUT2D eigenvalue weighted by molar-refractivity contribution is 0.0599. The highest BCUT2D eigenvalue weighted by Gasteiger charge is 2.15. The quantitative estimate of drug-likeness (QED) is 0.176. The summed E-state index contributed by atoms with van der Waals surface area (Å²) in [7, 11) is 1.35. The summed E-state index contributed by atoms with van der Waals surface area (Å²) in [5, 5.41) is 6.38. The van der Waals surface area contributed by atoms with Crippen LogP contribution in [-0.2, 0) is 16.0 Å². The normalized spacial score (nSPS) is 11.2. The number of nitrogens with zero attached hydrogens (tertiary/aromatic N) is 1. The number of rotatable bonds is 10. The lowest BCUT2D eigenvalue weighted by Gasteiger charge is -2.11. The predicted molar refractivity (Wildman–Crippen MR) is 113 cm³/mol. The van der Waals surface area contributed by atoms with Crippen molar-refractivity contribution in [2.24, 2.45) is 10.9 Å². The summed E-state index contributed by atoms with van der Waals surface area (Å²) in [6, 6.07) is 1.67. The van der Waals surface area contributed by atoms with Crippen LogP contribution in [0.4, 0.5) is 0 Å². The average Bonchev–Trinajstić information content (AvgIpc) is 2.95. The molecule has 0 aliphatic carbocycles. The van der Waals surface area contributed by atoms with E-state index < -0.39 is 5.97 Å². The Kier molecular flexibility index (Phi) is 13.2. The van der Waals surface area contributed by atoms with E-state index in [4.69, 9.17) is 13.9 Å². The Morgan fingerprint density at radius 3 is 2.65 bits per heavy atom. The van der Waals surface area contributed by atoms with Crippen LogP contribution in [-0.4, -0.2) is 45.3 Å². The molecule has 0 aliphatic rings. The molecule has 2 N–H and O–H groups in total. The first-order valence-corrected chi connectivity index (χ1v) is 8.75. The van der Waals surface area contributed by atoms with Crippen LogP contribution < -0.4 is 10.6 Å². The van der Waals surface area contributed by atoms with Gasteiger partial charge in [-0.25, -0.2) is 9.79 Å². The fourth-order valence-corrected chi connectivity index (χ4v) is 2.10. The maximum absolute atomic E-state index is 11.6. The van der Waals surface area contributed by atoms with Crippen LogP contribution in [0.25, 0.3) is 0 Å². The number of halogens is 1. The van der Waals surface area contributed by atoms with E-state index >= 15 is 0 Å². The number of guanidine groups is 1. The van der Waals surface area contributed by atoms with Gasteiger partial charge in [0.2, 0.25) is 0 Å². The third kappa shape index (κ3) is 9.42. The topological polar surface area (TPSA) is 85.1 Å². The molecule has 0 aromatic carbocycles. The lowest BCUT2D eigenvalue weighted by Crippen LogP contribution is -2.39. The molecule has 8 heteroatoms. The second kappa shape index (κ2) is 13.9. The molecular weight excluding hydrogens is 449 g/mol. The molecule has 0 saturated carbocycles. The number of hydrogen-bond donors (Lipinski definition) is 2. The smallest absolute Gasteiger partial charge is 0.341 e. The Morgan fingerprint density at radius 1 is 1.31 bits per heavy atom. The van der Waals surface area contributed by atoms with Crippen LogP contribution >= 0.6 is 24.0 Å². The van der Waals surface area contributed by atoms with Crippen molar-refractivity contribution in [3.05, 3.63) is 23.2 Å². The molecule has 1 aromatic rings. The monoisotopic (exact) mass is 481 g/mol. The second-order valence-corrected chi connectivity index (χ2v) is 6.09. The van der Waals surface area contributed by atoms with E-state index in [1.54, 1.807) is 13.0 Å². The van der Waals surface area contributed by atoms with Gasteiger partial charge in [-0.1, -0.05) is 13.8 Å². The van der Waals surface area contributed by atoms with Crippen LogP contribution in [0.3, 0.4) is 0 Å². The van der Waals surface area contributed by atoms with Gasteiger partial charge in [0.05, 0.1) is 13.7 Å². The Morgan fingerprint density at radius 2 is 2.04 bits per heavy atom. The van der Waals surface area contributed by atoms with E-state index in [0.717, 1.165) is 19.6 Å². The summed E-state index contributed by atoms with van der Waals surface area (Å²) in [6.07, 6.45) is 1.06. The van der Waals surface area contributed by atoms with Crippen molar-refractivity contribution in [3.63, 3.8) is 0 Å². The van der Waals surface area contributed by atoms with Crippen molar-refractivity contribution in [1.82, 2.24) is 10.6 Å². The number of nitrogens with one attached hydrogen (secondary N) is 2. The van der Waals surface area contributed by atoms with Crippen molar-refractivity contribution < 1.29 is 18.7 Å². The molecule has 0 aliphatic heterocycles. The van der Waals surface area contributed by atoms with Gasteiger partial charge in [-0.3, -0.25) is 0 Å². The number of esters is 1. The number of hydrogen-bond acceptors (Lipinski definition) is 5. The minimum absolute atomic E-state index is 0. The molecule has 1 rings (SSSR count). The first-order valence-electron chi connectivity index (χ1n) is 8.75. The van der Waals surface area contributed by atoms with Gasteiger partial charge in [0.15, 0.2) is 5.96 Å². The highest BCUT2D eigenvalue weighted by molar-refractivity contribution is 14.0. The van der Waals surface area contributed by atoms with Gasteiger partial charge in [0.25, 0.3) is 0 Å². The van der Waals surface area contributed by atoms with Gasteiger partial charge in [-0.15, -0.1) is 24.0 Å². The molecule has 26 heavy (non-hydrogen) atoms. The molecule has 0 unspecified atom stereocenters. The first-order chi connectivity index (χ1) is 12.0. The molecule has 7 nitrogen and oxygen atoms in total. The zero-order valence-electron chi connectivity index (χ0n) is 16.4. The van der Waals surface area contributed by atoms with Crippen LogP contribution in [0.5, 0.6) is 0 Å².